The van der Waals surface area contributed by atoms with Crippen molar-refractivity contribution in [2.75, 3.05) is 6.54 Å². The zero-order valence-electron chi connectivity index (χ0n) is 12.5. The highest BCUT2D eigenvalue weighted by Crippen LogP contribution is 2.26. The number of hydrogen-bond donors (Lipinski definition) is 2. The molecule has 0 aliphatic heterocycles. The normalized spacial score (nSPS) is 22.7. The van der Waals surface area contributed by atoms with Crippen LogP contribution in [0.15, 0.2) is 30.3 Å². The predicted octanol–water partition coefficient (Wildman–Crippen LogP) is 1.69. The van der Waals surface area contributed by atoms with Crippen LogP contribution in [0.4, 0.5) is 0 Å². The van der Waals surface area contributed by atoms with Gasteiger partial charge in [0.2, 0.25) is 5.91 Å². The van der Waals surface area contributed by atoms with E-state index < -0.39 is 0 Å². The van der Waals surface area contributed by atoms with E-state index in [1.54, 1.807) is 0 Å². The molecule has 4 nitrogen and oxygen atoms in total. The van der Waals surface area contributed by atoms with Gasteiger partial charge in [-0.3, -0.25) is 4.79 Å². The molecule has 1 aromatic rings. The average Bonchev–Trinajstić information content (AvgIpc) is 2.94. The Balaban J connectivity index is 1.74. The van der Waals surface area contributed by atoms with Crippen molar-refractivity contribution >= 4 is 12.2 Å². The molecule has 1 amide bonds. The lowest BCUT2D eigenvalue weighted by Gasteiger charge is -2.19. The van der Waals surface area contributed by atoms with Gasteiger partial charge in [0.05, 0.1) is 6.54 Å². The van der Waals surface area contributed by atoms with Crippen molar-refractivity contribution in [2.45, 2.75) is 44.7 Å². The monoisotopic (exact) mass is 288 g/mol. The highest BCUT2D eigenvalue weighted by molar-refractivity contribution is 5.80. The molecule has 0 bridgehead atoms. The van der Waals surface area contributed by atoms with Crippen molar-refractivity contribution in [1.82, 2.24) is 10.6 Å². The summed E-state index contributed by atoms with van der Waals surface area (Å²) in [6, 6.07) is 11.2. The number of hydrogen-bond acceptors (Lipinski definition) is 3. The Morgan fingerprint density at radius 3 is 2.81 bits per heavy atom. The molecule has 4 heteroatoms. The molecule has 1 aliphatic rings. The Morgan fingerprint density at radius 1 is 1.33 bits per heavy atom. The minimum atomic E-state index is 0.0158. The van der Waals surface area contributed by atoms with Crippen molar-refractivity contribution in [3.05, 3.63) is 35.9 Å². The molecule has 3 atom stereocenters. The van der Waals surface area contributed by atoms with E-state index in [1.165, 1.54) is 5.56 Å². The first kappa shape index (κ1) is 15.7. The molecule has 2 rings (SSSR count). The Hall–Kier alpha value is -1.68. The topological polar surface area (TPSA) is 58.2 Å². The van der Waals surface area contributed by atoms with Crippen molar-refractivity contribution in [3.8, 4) is 0 Å². The molecular formula is C17H24N2O2. The lowest BCUT2D eigenvalue weighted by molar-refractivity contribution is -0.125. The average molecular weight is 288 g/mol. The predicted molar refractivity (Wildman–Crippen MR) is 82.9 cm³/mol. The van der Waals surface area contributed by atoms with E-state index in [0.717, 1.165) is 32.0 Å². The van der Waals surface area contributed by atoms with Crippen LogP contribution in [0.25, 0.3) is 0 Å². The fourth-order valence-corrected chi connectivity index (χ4v) is 3.09. The molecule has 1 fully saturated rings. The number of rotatable bonds is 7. The van der Waals surface area contributed by atoms with E-state index in [9.17, 15) is 9.59 Å². The van der Waals surface area contributed by atoms with Gasteiger partial charge in [0.1, 0.15) is 6.29 Å². The second kappa shape index (κ2) is 7.93. The van der Waals surface area contributed by atoms with Gasteiger partial charge in [-0.05, 0) is 38.2 Å². The van der Waals surface area contributed by atoms with Gasteiger partial charge >= 0.3 is 0 Å². The second-order valence-corrected chi connectivity index (χ2v) is 5.88. The summed E-state index contributed by atoms with van der Waals surface area (Å²) in [6.07, 6.45) is 4.52. The second-order valence-electron chi connectivity index (χ2n) is 5.88. The largest absolute Gasteiger partial charge is 0.349 e. The molecule has 0 heterocycles. The maximum Gasteiger partial charge on any atom is 0.223 e. The number of benzene rings is 1. The molecule has 0 saturated heterocycles. The van der Waals surface area contributed by atoms with E-state index in [1.807, 2.05) is 6.07 Å². The molecule has 1 saturated carbocycles. The van der Waals surface area contributed by atoms with Crippen LogP contribution in [0.3, 0.4) is 0 Å². The summed E-state index contributed by atoms with van der Waals surface area (Å²) in [7, 11) is 0. The summed E-state index contributed by atoms with van der Waals surface area (Å²) in [5.74, 6) is 0.0634. The first-order valence-electron chi connectivity index (χ1n) is 7.70. The third-order valence-electron chi connectivity index (χ3n) is 4.07. The van der Waals surface area contributed by atoms with Crippen molar-refractivity contribution < 1.29 is 9.59 Å². The zero-order valence-corrected chi connectivity index (χ0v) is 12.5. The Kier molecular flexibility index (Phi) is 5.93. The fraction of sp³-hybridized carbons (Fsp3) is 0.529. The summed E-state index contributed by atoms with van der Waals surface area (Å²) in [6.45, 7) is 2.31. The van der Waals surface area contributed by atoms with E-state index >= 15 is 0 Å². The van der Waals surface area contributed by atoms with Crippen LogP contribution in [-0.2, 0) is 16.0 Å². The number of carbonyl (C=O) groups is 2. The van der Waals surface area contributed by atoms with E-state index in [-0.39, 0.29) is 18.4 Å². The van der Waals surface area contributed by atoms with Gasteiger partial charge in [0.25, 0.3) is 0 Å². The van der Waals surface area contributed by atoms with E-state index in [2.05, 4.69) is 41.8 Å². The van der Waals surface area contributed by atoms with Gasteiger partial charge in [-0.15, -0.1) is 0 Å². The van der Waals surface area contributed by atoms with E-state index in [0.29, 0.717) is 12.1 Å². The summed E-state index contributed by atoms with van der Waals surface area (Å²) in [4.78, 5) is 22.1. The Labute approximate surface area is 126 Å². The van der Waals surface area contributed by atoms with Crippen molar-refractivity contribution in [2.24, 2.45) is 5.92 Å². The van der Waals surface area contributed by atoms with Gasteiger partial charge in [0, 0.05) is 18.0 Å². The minimum absolute atomic E-state index is 0.0158. The smallest absolute Gasteiger partial charge is 0.223 e. The van der Waals surface area contributed by atoms with Crippen LogP contribution in [0.5, 0.6) is 0 Å². The van der Waals surface area contributed by atoms with Crippen molar-refractivity contribution in [3.63, 3.8) is 0 Å². The van der Waals surface area contributed by atoms with Crippen LogP contribution in [0.2, 0.25) is 0 Å². The van der Waals surface area contributed by atoms with Gasteiger partial charge in [-0.1, -0.05) is 30.3 Å². The number of carbonyl (C=O) groups excluding carboxylic acids is 2. The molecule has 1 aromatic carbocycles. The summed E-state index contributed by atoms with van der Waals surface area (Å²) in [5, 5.41) is 6.27. The van der Waals surface area contributed by atoms with Crippen LogP contribution in [-0.4, -0.2) is 30.8 Å². The van der Waals surface area contributed by atoms with Crippen LogP contribution < -0.4 is 10.6 Å². The standard InChI is InChI=1S/C17H24N2O2/c1-13(11-14-5-3-2-4-6-14)19-16-8-7-15(12-16)17(21)18-9-10-20/h2-6,10,13,15-16,19H,7-9,11-12H2,1H3,(H,18,21). The molecule has 2 N–H and O–H groups in total. The molecule has 114 valence electrons. The summed E-state index contributed by atoms with van der Waals surface area (Å²) >= 11 is 0. The minimum Gasteiger partial charge on any atom is -0.349 e. The SMILES string of the molecule is CC(Cc1ccccc1)NC1CCC(C(=O)NCC=O)C1. The van der Waals surface area contributed by atoms with Crippen molar-refractivity contribution in [1.29, 1.82) is 0 Å². The molecule has 0 spiro atoms. The third kappa shape index (κ3) is 4.97. The molecule has 3 unspecified atom stereocenters. The zero-order chi connectivity index (χ0) is 15.1. The van der Waals surface area contributed by atoms with Gasteiger partial charge in [-0.25, -0.2) is 0 Å². The lowest BCUT2D eigenvalue weighted by Crippen LogP contribution is -2.37. The highest BCUT2D eigenvalue weighted by Gasteiger charge is 2.30. The molecule has 1 aliphatic carbocycles. The molecule has 0 radical (unpaired) electrons. The highest BCUT2D eigenvalue weighted by atomic mass is 16.2. The van der Waals surface area contributed by atoms with Crippen LogP contribution in [0, 0.1) is 5.92 Å². The molecule has 21 heavy (non-hydrogen) atoms. The number of amides is 1. The molecular weight excluding hydrogens is 264 g/mol. The van der Waals surface area contributed by atoms with Gasteiger partial charge < -0.3 is 15.4 Å². The first-order chi connectivity index (χ1) is 10.2. The van der Waals surface area contributed by atoms with Crippen LogP contribution >= 0.6 is 0 Å². The first-order valence-corrected chi connectivity index (χ1v) is 7.70. The number of nitrogens with one attached hydrogen (secondary N) is 2. The quantitative estimate of drug-likeness (QED) is 0.751. The number of aldehydes is 1. The third-order valence-corrected chi connectivity index (χ3v) is 4.07. The summed E-state index contributed by atoms with van der Waals surface area (Å²) < 4.78 is 0. The molecule has 0 aromatic heterocycles. The van der Waals surface area contributed by atoms with Gasteiger partial charge in [0.15, 0.2) is 0 Å². The maximum atomic E-state index is 11.8. The van der Waals surface area contributed by atoms with Crippen LogP contribution in [0.1, 0.15) is 31.7 Å². The Bertz CT molecular complexity index is 461. The Morgan fingerprint density at radius 2 is 2.10 bits per heavy atom. The maximum absolute atomic E-state index is 11.8. The summed E-state index contributed by atoms with van der Waals surface area (Å²) in [5.41, 5.74) is 1.33. The van der Waals surface area contributed by atoms with Gasteiger partial charge in [-0.2, -0.15) is 0 Å². The fourth-order valence-electron chi connectivity index (χ4n) is 3.09. The van der Waals surface area contributed by atoms with E-state index in [4.69, 9.17) is 0 Å². The lowest BCUT2D eigenvalue weighted by atomic mass is 10.0.